The van der Waals surface area contributed by atoms with Gasteiger partial charge in [-0.05, 0) is 44.2 Å². The molecule has 0 aliphatic heterocycles. The smallest absolute Gasteiger partial charge is 0.220 e. The van der Waals surface area contributed by atoms with Crippen LogP contribution in [0.15, 0.2) is 24.3 Å². The SMILES string of the molecule is CC(CNC(=O)CCCN)Oc1ccc(Cl)cc1. The Morgan fingerprint density at radius 2 is 2.11 bits per heavy atom. The molecule has 0 aliphatic carbocycles. The highest BCUT2D eigenvalue weighted by molar-refractivity contribution is 6.30. The predicted octanol–water partition coefficient (Wildman–Crippen LogP) is 1.96. The van der Waals surface area contributed by atoms with Gasteiger partial charge in [-0.15, -0.1) is 0 Å². The van der Waals surface area contributed by atoms with Crippen molar-refractivity contribution in [3.8, 4) is 5.75 Å². The lowest BCUT2D eigenvalue weighted by atomic mass is 10.3. The van der Waals surface area contributed by atoms with Gasteiger partial charge in [-0.3, -0.25) is 4.79 Å². The maximum Gasteiger partial charge on any atom is 0.220 e. The van der Waals surface area contributed by atoms with Gasteiger partial charge in [0, 0.05) is 11.4 Å². The van der Waals surface area contributed by atoms with Crippen molar-refractivity contribution in [1.29, 1.82) is 0 Å². The summed E-state index contributed by atoms with van der Waals surface area (Å²) in [6.07, 6.45) is 1.08. The highest BCUT2D eigenvalue weighted by atomic mass is 35.5. The fraction of sp³-hybridized carbons (Fsp3) is 0.462. The maximum absolute atomic E-state index is 11.4. The van der Waals surface area contributed by atoms with Crippen LogP contribution < -0.4 is 15.8 Å². The zero-order valence-corrected chi connectivity index (χ0v) is 11.2. The molecule has 0 aliphatic rings. The van der Waals surface area contributed by atoms with Crippen molar-refractivity contribution in [1.82, 2.24) is 5.32 Å². The first-order valence-corrected chi connectivity index (χ1v) is 6.38. The summed E-state index contributed by atoms with van der Waals surface area (Å²) >= 11 is 5.78. The topological polar surface area (TPSA) is 64.4 Å². The van der Waals surface area contributed by atoms with Crippen molar-refractivity contribution in [2.75, 3.05) is 13.1 Å². The molecule has 0 saturated heterocycles. The van der Waals surface area contributed by atoms with Crippen LogP contribution in [0.3, 0.4) is 0 Å². The number of carbonyl (C=O) groups is 1. The van der Waals surface area contributed by atoms with Gasteiger partial charge in [-0.2, -0.15) is 0 Å². The van der Waals surface area contributed by atoms with Crippen molar-refractivity contribution in [2.45, 2.75) is 25.9 Å². The number of halogens is 1. The van der Waals surface area contributed by atoms with Gasteiger partial charge in [0.15, 0.2) is 0 Å². The standard InChI is InChI=1S/C13H19ClN2O2/c1-10(9-16-13(17)3-2-8-15)18-12-6-4-11(14)5-7-12/h4-7,10H,2-3,8-9,15H2,1H3,(H,16,17). The molecule has 0 fully saturated rings. The molecular weight excluding hydrogens is 252 g/mol. The number of nitrogens with two attached hydrogens (primary N) is 1. The molecular formula is C13H19ClN2O2. The van der Waals surface area contributed by atoms with Gasteiger partial charge in [0.2, 0.25) is 5.91 Å². The summed E-state index contributed by atoms with van der Waals surface area (Å²) in [5, 5.41) is 3.47. The summed E-state index contributed by atoms with van der Waals surface area (Å²) in [6, 6.07) is 7.14. The van der Waals surface area contributed by atoms with Crippen LogP contribution in [0.1, 0.15) is 19.8 Å². The van der Waals surface area contributed by atoms with Crippen LogP contribution in [-0.2, 0) is 4.79 Å². The van der Waals surface area contributed by atoms with Gasteiger partial charge in [-0.25, -0.2) is 0 Å². The summed E-state index contributed by atoms with van der Waals surface area (Å²) in [5.74, 6) is 0.745. The number of ether oxygens (including phenoxy) is 1. The van der Waals surface area contributed by atoms with Crippen molar-refractivity contribution < 1.29 is 9.53 Å². The molecule has 100 valence electrons. The van der Waals surface area contributed by atoms with Gasteiger partial charge in [0.05, 0.1) is 6.54 Å². The van der Waals surface area contributed by atoms with Crippen LogP contribution in [0.25, 0.3) is 0 Å². The van der Waals surface area contributed by atoms with Gasteiger partial charge in [0.1, 0.15) is 11.9 Å². The summed E-state index contributed by atoms with van der Waals surface area (Å²) in [7, 11) is 0. The monoisotopic (exact) mass is 270 g/mol. The van der Waals surface area contributed by atoms with Crippen LogP contribution in [0, 0.1) is 0 Å². The minimum Gasteiger partial charge on any atom is -0.489 e. The van der Waals surface area contributed by atoms with Crippen LogP contribution in [0.4, 0.5) is 0 Å². The van der Waals surface area contributed by atoms with Crippen LogP contribution in [0.5, 0.6) is 5.75 Å². The Kier molecular flexibility index (Phi) is 6.54. The van der Waals surface area contributed by atoms with Crippen molar-refractivity contribution in [3.05, 3.63) is 29.3 Å². The van der Waals surface area contributed by atoms with Crippen molar-refractivity contribution >= 4 is 17.5 Å². The molecule has 1 atom stereocenters. The van der Waals surface area contributed by atoms with Gasteiger partial charge < -0.3 is 15.8 Å². The zero-order valence-electron chi connectivity index (χ0n) is 10.5. The summed E-state index contributed by atoms with van der Waals surface area (Å²) in [4.78, 5) is 11.4. The molecule has 1 aromatic carbocycles. The van der Waals surface area contributed by atoms with Crippen LogP contribution in [0.2, 0.25) is 5.02 Å². The first-order chi connectivity index (χ1) is 8.61. The lowest BCUT2D eigenvalue weighted by Gasteiger charge is -2.15. The molecule has 0 bridgehead atoms. The fourth-order valence-electron chi connectivity index (χ4n) is 1.40. The molecule has 4 nitrogen and oxygen atoms in total. The van der Waals surface area contributed by atoms with Gasteiger partial charge in [0.25, 0.3) is 0 Å². The van der Waals surface area contributed by atoms with Crippen molar-refractivity contribution in [3.63, 3.8) is 0 Å². The predicted molar refractivity (Wildman–Crippen MR) is 72.8 cm³/mol. The molecule has 5 heteroatoms. The van der Waals surface area contributed by atoms with Gasteiger partial charge >= 0.3 is 0 Å². The Hall–Kier alpha value is -1.26. The Morgan fingerprint density at radius 1 is 1.44 bits per heavy atom. The molecule has 1 unspecified atom stereocenters. The van der Waals surface area contributed by atoms with Crippen molar-refractivity contribution in [2.24, 2.45) is 5.73 Å². The van der Waals surface area contributed by atoms with E-state index in [1.54, 1.807) is 24.3 Å². The fourth-order valence-corrected chi connectivity index (χ4v) is 1.52. The second-order valence-electron chi connectivity index (χ2n) is 4.08. The molecule has 3 N–H and O–H groups in total. The van der Waals surface area contributed by atoms with E-state index in [0.29, 0.717) is 31.0 Å². The molecule has 0 aromatic heterocycles. The van der Waals surface area contributed by atoms with E-state index in [1.165, 1.54) is 0 Å². The van der Waals surface area contributed by atoms with E-state index >= 15 is 0 Å². The van der Waals surface area contributed by atoms with E-state index in [1.807, 2.05) is 6.92 Å². The number of hydrogen-bond donors (Lipinski definition) is 2. The summed E-state index contributed by atoms with van der Waals surface area (Å²) in [5.41, 5.74) is 5.33. The van der Waals surface area contributed by atoms with Gasteiger partial charge in [-0.1, -0.05) is 11.6 Å². The molecule has 18 heavy (non-hydrogen) atoms. The average Bonchev–Trinajstić information content (AvgIpc) is 2.36. The third-order valence-electron chi connectivity index (χ3n) is 2.35. The molecule has 0 radical (unpaired) electrons. The third kappa shape index (κ3) is 5.89. The minimum absolute atomic E-state index is 0.00649. The highest BCUT2D eigenvalue weighted by Gasteiger charge is 2.06. The van der Waals surface area contributed by atoms with E-state index < -0.39 is 0 Å². The third-order valence-corrected chi connectivity index (χ3v) is 2.60. The first-order valence-electron chi connectivity index (χ1n) is 6.01. The molecule has 1 aromatic rings. The maximum atomic E-state index is 11.4. The second kappa shape index (κ2) is 7.95. The Labute approximate surface area is 112 Å². The minimum atomic E-state index is -0.0898. The van der Waals surface area contributed by atoms with E-state index in [4.69, 9.17) is 22.1 Å². The Balaban J connectivity index is 2.27. The quantitative estimate of drug-likeness (QED) is 0.796. The van der Waals surface area contributed by atoms with Crippen LogP contribution in [-0.4, -0.2) is 25.1 Å². The highest BCUT2D eigenvalue weighted by Crippen LogP contribution is 2.16. The second-order valence-corrected chi connectivity index (χ2v) is 4.52. The molecule has 0 heterocycles. The summed E-state index contributed by atoms with van der Waals surface area (Å²) in [6.45, 7) is 2.91. The first kappa shape index (κ1) is 14.8. The number of rotatable bonds is 7. The molecule has 1 amide bonds. The Morgan fingerprint density at radius 3 is 2.72 bits per heavy atom. The summed E-state index contributed by atoms with van der Waals surface area (Å²) < 4.78 is 5.63. The van der Waals surface area contributed by atoms with Crippen LogP contribution >= 0.6 is 11.6 Å². The number of carbonyl (C=O) groups excluding carboxylic acids is 1. The lowest BCUT2D eigenvalue weighted by Crippen LogP contribution is -2.33. The molecule has 0 spiro atoms. The Bertz CT molecular complexity index is 368. The number of nitrogens with one attached hydrogen (secondary N) is 1. The zero-order chi connectivity index (χ0) is 13.4. The average molecular weight is 271 g/mol. The number of benzene rings is 1. The molecule has 1 rings (SSSR count). The largest absolute Gasteiger partial charge is 0.489 e. The normalized spacial score (nSPS) is 11.9. The number of hydrogen-bond acceptors (Lipinski definition) is 3. The lowest BCUT2D eigenvalue weighted by molar-refractivity contribution is -0.121. The number of amides is 1. The molecule has 0 saturated carbocycles. The van der Waals surface area contributed by atoms with E-state index in [9.17, 15) is 4.79 Å². The van der Waals surface area contributed by atoms with E-state index in [-0.39, 0.29) is 12.0 Å². The van der Waals surface area contributed by atoms with E-state index in [0.717, 1.165) is 5.75 Å². The van der Waals surface area contributed by atoms with E-state index in [2.05, 4.69) is 5.32 Å².